The highest BCUT2D eigenvalue weighted by Gasteiger charge is 2.48. The lowest BCUT2D eigenvalue weighted by Crippen LogP contribution is -2.39. The van der Waals surface area contributed by atoms with Crippen molar-refractivity contribution in [2.75, 3.05) is 0 Å². The minimum atomic E-state index is -2.42. The van der Waals surface area contributed by atoms with Crippen molar-refractivity contribution in [2.24, 2.45) is 5.92 Å². The van der Waals surface area contributed by atoms with Gasteiger partial charge in [-0.1, -0.05) is 91.9 Å². The van der Waals surface area contributed by atoms with Crippen LogP contribution in [0.4, 0.5) is 0 Å². The Balaban J connectivity index is 1.54. The van der Waals surface area contributed by atoms with Crippen molar-refractivity contribution in [1.82, 2.24) is 0 Å². The van der Waals surface area contributed by atoms with E-state index in [1.807, 2.05) is 72.8 Å². The first-order valence-electron chi connectivity index (χ1n) is 17.2. The molecule has 0 saturated carbocycles. The molecule has 0 radical (unpaired) electrons. The second-order valence-corrected chi connectivity index (χ2v) is 14.2. The van der Waals surface area contributed by atoms with Gasteiger partial charge >= 0.3 is 0 Å². The maximum Gasteiger partial charge on any atom is 0.204 e. The lowest BCUT2D eigenvalue weighted by atomic mass is 9.72. The number of aromatic hydroxyl groups is 4. The van der Waals surface area contributed by atoms with Gasteiger partial charge in [0.05, 0.1) is 0 Å². The number of furan rings is 1. The first-order valence-corrected chi connectivity index (χ1v) is 17.2. The monoisotopic (exact) mass is 706 g/mol. The Bertz CT molecular complexity index is 2770. The lowest BCUT2D eigenvalue weighted by Gasteiger charge is -2.38. The van der Waals surface area contributed by atoms with E-state index < -0.39 is 46.2 Å². The predicted molar refractivity (Wildman–Crippen MR) is 204 cm³/mol. The van der Waals surface area contributed by atoms with Crippen molar-refractivity contribution in [1.29, 1.82) is 0 Å². The van der Waals surface area contributed by atoms with Crippen LogP contribution in [0.3, 0.4) is 0 Å². The van der Waals surface area contributed by atoms with Gasteiger partial charge in [-0.05, 0) is 64.4 Å². The standard InChI is InChI=1S/C44H34O9/c1-20-15-18-28-27(19-20)30-26(13-8-14-29(30)53-28)32-34-33(37(45)40(48)41(49)38(34)46)31(36-35(32)39(47)43(51)44(2,52)42(36)50)25-17-16-22(21-9-4-3-5-10-21)23-11-6-7-12-24(23)25/h3-18,20,42,45-52H,19H2,1-2H3. The number of hydrogen-bond donors (Lipinski definition) is 8. The molecule has 0 amide bonds. The molecule has 53 heavy (non-hydrogen) atoms. The molecule has 9 rings (SSSR count). The van der Waals surface area contributed by atoms with Crippen LogP contribution in [0.5, 0.6) is 23.0 Å². The third-order valence-electron chi connectivity index (χ3n) is 10.9. The third kappa shape index (κ3) is 4.38. The predicted octanol–water partition coefficient (Wildman–Crippen LogP) is 9.35. The van der Waals surface area contributed by atoms with Crippen LogP contribution in [0, 0.1) is 5.92 Å². The van der Waals surface area contributed by atoms with Crippen LogP contribution >= 0.6 is 0 Å². The zero-order valence-corrected chi connectivity index (χ0v) is 28.6. The summed E-state index contributed by atoms with van der Waals surface area (Å²) < 4.78 is 6.24. The highest BCUT2D eigenvalue weighted by atomic mass is 16.4. The number of aliphatic hydroxyl groups is 4. The molecule has 3 unspecified atom stereocenters. The summed E-state index contributed by atoms with van der Waals surface area (Å²) in [5.41, 5.74) is 1.28. The minimum absolute atomic E-state index is 0.0158. The van der Waals surface area contributed by atoms with E-state index in [9.17, 15) is 40.9 Å². The van der Waals surface area contributed by atoms with Crippen LogP contribution in [-0.2, 0) is 6.42 Å². The first kappa shape index (κ1) is 32.5. The molecular weight excluding hydrogens is 672 g/mol. The molecule has 0 aliphatic heterocycles. The summed E-state index contributed by atoms with van der Waals surface area (Å²) >= 11 is 0. The number of allylic oxidation sites excluding steroid dienone is 1. The molecule has 264 valence electrons. The van der Waals surface area contributed by atoms with Crippen molar-refractivity contribution in [3.05, 3.63) is 119 Å². The topological polar surface area (TPSA) is 175 Å². The molecule has 8 N–H and O–H groups in total. The van der Waals surface area contributed by atoms with Gasteiger partial charge in [-0.2, -0.15) is 0 Å². The number of benzene rings is 6. The average Bonchev–Trinajstić information content (AvgIpc) is 3.54. The average molecular weight is 707 g/mol. The fraction of sp³-hybridized carbons (Fsp3) is 0.136. The van der Waals surface area contributed by atoms with Gasteiger partial charge in [-0.15, -0.1) is 0 Å². The summed E-state index contributed by atoms with van der Waals surface area (Å²) in [6.45, 7) is 3.21. The molecule has 0 fully saturated rings. The zero-order chi connectivity index (χ0) is 37.1. The van der Waals surface area contributed by atoms with Crippen molar-refractivity contribution in [3.8, 4) is 56.4 Å². The molecule has 1 heterocycles. The second-order valence-electron chi connectivity index (χ2n) is 14.2. The van der Waals surface area contributed by atoms with Gasteiger partial charge in [0.15, 0.2) is 28.6 Å². The van der Waals surface area contributed by atoms with Crippen LogP contribution in [-0.4, -0.2) is 46.5 Å². The summed E-state index contributed by atoms with van der Waals surface area (Å²) in [6, 6.07) is 26.0. The number of aliphatic hydroxyl groups excluding tert-OH is 3. The molecule has 0 spiro atoms. The molecule has 2 aliphatic rings. The molecule has 6 aromatic carbocycles. The van der Waals surface area contributed by atoms with Crippen molar-refractivity contribution < 1.29 is 45.3 Å². The summed E-state index contributed by atoms with van der Waals surface area (Å²) in [7, 11) is 0. The van der Waals surface area contributed by atoms with Gasteiger partial charge in [-0.25, -0.2) is 0 Å². The van der Waals surface area contributed by atoms with E-state index >= 15 is 0 Å². The quantitative estimate of drug-likeness (QED) is 0.0657. The summed E-state index contributed by atoms with van der Waals surface area (Å²) in [5, 5.41) is 94.9. The number of phenols is 4. The first-order chi connectivity index (χ1) is 25.4. The molecule has 7 aromatic rings. The van der Waals surface area contributed by atoms with Crippen molar-refractivity contribution >= 4 is 44.3 Å². The summed E-state index contributed by atoms with van der Waals surface area (Å²) in [4.78, 5) is 0. The second kappa shape index (κ2) is 11.3. The maximum atomic E-state index is 12.2. The SMILES string of the molecule is CC1C=Cc2oc3cccc(-c4c5c(c(-c6ccc(-c7ccccc7)c7ccccc67)c6c(O)c(O)c(O)c(O)c46)C(O)C(C)(O)C(O)=C5O)c3c2C1. The van der Waals surface area contributed by atoms with Gasteiger partial charge in [0, 0.05) is 44.0 Å². The smallest absolute Gasteiger partial charge is 0.204 e. The van der Waals surface area contributed by atoms with Crippen molar-refractivity contribution in [3.63, 3.8) is 0 Å². The Morgan fingerprint density at radius 3 is 1.96 bits per heavy atom. The lowest BCUT2D eigenvalue weighted by molar-refractivity contribution is -0.0640. The normalized spacial score (nSPS) is 19.6. The molecule has 0 saturated heterocycles. The van der Waals surface area contributed by atoms with E-state index in [-0.39, 0.29) is 38.9 Å². The Labute approximate surface area is 302 Å². The minimum Gasteiger partial charge on any atom is -0.506 e. The van der Waals surface area contributed by atoms with Crippen LogP contribution in [0.2, 0.25) is 0 Å². The van der Waals surface area contributed by atoms with Crippen molar-refractivity contribution in [2.45, 2.75) is 32.0 Å². The van der Waals surface area contributed by atoms with Gasteiger partial charge in [0.25, 0.3) is 0 Å². The molecule has 2 aliphatic carbocycles. The molecule has 9 heteroatoms. The third-order valence-corrected chi connectivity index (χ3v) is 10.9. The Hall–Kier alpha value is -6.42. The summed E-state index contributed by atoms with van der Waals surface area (Å²) in [6.07, 6.45) is 2.57. The van der Waals surface area contributed by atoms with E-state index in [1.165, 1.54) is 0 Å². The molecule has 0 bridgehead atoms. The van der Waals surface area contributed by atoms with Crippen LogP contribution in [0.1, 0.15) is 42.4 Å². The van der Waals surface area contributed by atoms with E-state index in [2.05, 4.69) is 6.92 Å². The molecule has 1 aromatic heterocycles. The van der Waals surface area contributed by atoms with E-state index in [0.717, 1.165) is 29.0 Å². The number of rotatable bonds is 3. The number of phenolic OH excluding ortho intramolecular Hbond substituents is 4. The van der Waals surface area contributed by atoms with E-state index in [0.29, 0.717) is 39.7 Å². The van der Waals surface area contributed by atoms with E-state index in [4.69, 9.17) is 4.42 Å². The molecular formula is C44H34O9. The Morgan fingerprint density at radius 2 is 1.26 bits per heavy atom. The van der Waals surface area contributed by atoms with Gasteiger partial charge in [-0.3, -0.25) is 0 Å². The highest BCUT2D eigenvalue weighted by molar-refractivity contribution is 6.22. The maximum absolute atomic E-state index is 12.2. The largest absolute Gasteiger partial charge is 0.506 e. The van der Waals surface area contributed by atoms with Crippen LogP contribution in [0.15, 0.2) is 101 Å². The fourth-order valence-electron chi connectivity index (χ4n) is 8.35. The van der Waals surface area contributed by atoms with Gasteiger partial charge < -0.3 is 45.3 Å². The van der Waals surface area contributed by atoms with Crippen LogP contribution < -0.4 is 0 Å². The van der Waals surface area contributed by atoms with Crippen LogP contribution in [0.25, 0.3) is 77.7 Å². The number of hydrogen-bond acceptors (Lipinski definition) is 9. The van der Waals surface area contributed by atoms with Gasteiger partial charge in [0.1, 0.15) is 17.4 Å². The zero-order valence-electron chi connectivity index (χ0n) is 28.6. The molecule has 9 nitrogen and oxygen atoms in total. The molecule has 3 atom stereocenters. The van der Waals surface area contributed by atoms with Gasteiger partial charge in [0.2, 0.25) is 11.5 Å². The van der Waals surface area contributed by atoms with E-state index in [1.54, 1.807) is 24.3 Å². The number of fused-ring (bicyclic) bond motifs is 6. The highest BCUT2D eigenvalue weighted by Crippen LogP contribution is 2.61. The summed E-state index contributed by atoms with van der Waals surface area (Å²) in [5.74, 6) is -4.60. The Kier molecular flexibility index (Phi) is 6.92. The Morgan fingerprint density at radius 1 is 0.642 bits per heavy atom. The fourth-order valence-corrected chi connectivity index (χ4v) is 8.35.